The van der Waals surface area contributed by atoms with Crippen molar-refractivity contribution in [2.45, 2.75) is 63.7 Å². The highest BCUT2D eigenvalue weighted by atomic mass is 16.4. The van der Waals surface area contributed by atoms with Gasteiger partial charge in [0.1, 0.15) is 18.1 Å². The number of hydrogen-bond donors (Lipinski definition) is 8. The Kier molecular flexibility index (Phi) is 10.6. The van der Waals surface area contributed by atoms with Crippen molar-refractivity contribution in [3.63, 3.8) is 0 Å². The van der Waals surface area contributed by atoms with E-state index in [4.69, 9.17) is 5.73 Å². The van der Waals surface area contributed by atoms with Crippen LogP contribution in [0.25, 0.3) is 21.8 Å². The molecule has 13 heteroatoms. The number of amides is 3. The maximum absolute atomic E-state index is 13.7. The van der Waals surface area contributed by atoms with Crippen molar-refractivity contribution in [2.24, 2.45) is 11.7 Å². The molecule has 5 unspecified atom stereocenters. The second kappa shape index (κ2) is 14.5. The smallest absolute Gasteiger partial charge is 0.326 e. The van der Waals surface area contributed by atoms with Crippen LogP contribution < -0.4 is 21.7 Å². The van der Waals surface area contributed by atoms with Gasteiger partial charge in [0.25, 0.3) is 0 Å². The van der Waals surface area contributed by atoms with Gasteiger partial charge in [-0.3, -0.25) is 19.2 Å². The van der Waals surface area contributed by atoms with Crippen molar-refractivity contribution >= 4 is 51.5 Å². The number of hydrogen-bond acceptors (Lipinski definition) is 6. The van der Waals surface area contributed by atoms with Crippen molar-refractivity contribution in [3.8, 4) is 0 Å². The first-order valence-electron chi connectivity index (χ1n) is 14.7. The molecule has 13 nitrogen and oxygen atoms in total. The number of para-hydroxylation sites is 2. The van der Waals surface area contributed by atoms with Gasteiger partial charge in [-0.1, -0.05) is 56.7 Å². The Balaban J connectivity index is 1.59. The van der Waals surface area contributed by atoms with Gasteiger partial charge >= 0.3 is 11.9 Å². The minimum atomic E-state index is -1.54. The topological polar surface area (TPSA) is 219 Å². The van der Waals surface area contributed by atoms with Crippen molar-refractivity contribution in [2.75, 3.05) is 0 Å². The highest BCUT2D eigenvalue weighted by Gasteiger charge is 2.33. The van der Waals surface area contributed by atoms with Crippen LogP contribution in [0.5, 0.6) is 0 Å². The molecule has 0 saturated heterocycles. The monoisotopic (exact) mass is 618 g/mol. The number of carboxylic acids is 2. The zero-order valence-corrected chi connectivity index (χ0v) is 25.0. The van der Waals surface area contributed by atoms with E-state index in [0.717, 1.165) is 21.8 Å². The quantitative estimate of drug-likeness (QED) is 0.0980. The molecule has 0 bridgehead atoms. The molecule has 0 aliphatic carbocycles. The Morgan fingerprint density at radius 3 is 1.71 bits per heavy atom. The van der Waals surface area contributed by atoms with E-state index in [1.54, 1.807) is 19.3 Å². The van der Waals surface area contributed by atoms with Crippen molar-refractivity contribution in [1.82, 2.24) is 25.9 Å². The molecule has 0 aliphatic rings. The van der Waals surface area contributed by atoms with E-state index in [1.165, 1.54) is 0 Å². The summed E-state index contributed by atoms with van der Waals surface area (Å²) >= 11 is 0. The van der Waals surface area contributed by atoms with E-state index in [9.17, 15) is 34.2 Å². The largest absolute Gasteiger partial charge is 0.481 e. The predicted octanol–water partition coefficient (Wildman–Crippen LogP) is 1.82. The van der Waals surface area contributed by atoms with Gasteiger partial charge in [0.2, 0.25) is 17.7 Å². The number of nitrogens with two attached hydrogens (primary N) is 1. The van der Waals surface area contributed by atoms with Gasteiger partial charge in [0, 0.05) is 47.0 Å². The SMILES string of the molecule is CCC(C)C(N)C(=O)NC(CC(=O)O)C(=O)NC(Cc1c[nH]c2ccccc12)C(=O)NC(Cc1c[nH]c2ccccc12)C(=O)O. The van der Waals surface area contributed by atoms with Crippen LogP contribution in [0.15, 0.2) is 60.9 Å². The molecule has 0 radical (unpaired) electrons. The van der Waals surface area contributed by atoms with E-state index < -0.39 is 60.2 Å². The molecule has 2 heterocycles. The third-order valence-corrected chi connectivity index (χ3v) is 8.02. The summed E-state index contributed by atoms with van der Waals surface area (Å²) in [7, 11) is 0. The highest BCUT2D eigenvalue weighted by Crippen LogP contribution is 2.21. The molecule has 0 saturated carbocycles. The fraction of sp³-hybridized carbons (Fsp3) is 0.344. The van der Waals surface area contributed by atoms with E-state index in [-0.39, 0.29) is 18.8 Å². The molecule has 2 aromatic carbocycles. The molecule has 4 rings (SSSR count). The summed E-state index contributed by atoms with van der Waals surface area (Å²) in [6.45, 7) is 3.60. The van der Waals surface area contributed by atoms with Gasteiger partial charge in [-0.2, -0.15) is 0 Å². The summed E-state index contributed by atoms with van der Waals surface area (Å²) in [6.07, 6.45) is 3.09. The number of fused-ring (bicyclic) bond motifs is 2. The second-order valence-electron chi connectivity index (χ2n) is 11.2. The summed E-state index contributed by atoms with van der Waals surface area (Å²) in [4.78, 5) is 70.1. The average Bonchev–Trinajstić information content (AvgIpc) is 3.62. The van der Waals surface area contributed by atoms with Gasteiger partial charge in [0.15, 0.2) is 0 Å². The molecule has 0 spiro atoms. The van der Waals surface area contributed by atoms with E-state index in [0.29, 0.717) is 17.5 Å². The first kappa shape index (κ1) is 32.7. The minimum Gasteiger partial charge on any atom is -0.481 e. The number of carbonyl (C=O) groups is 5. The summed E-state index contributed by atoms with van der Waals surface area (Å²) in [6, 6.07) is 9.49. The van der Waals surface area contributed by atoms with E-state index >= 15 is 0 Å². The van der Waals surface area contributed by atoms with E-state index in [1.807, 2.05) is 55.5 Å². The maximum Gasteiger partial charge on any atom is 0.326 e. The number of aliphatic carboxylic acids is 2. The highest BCUT2D eigenvalue weighted by molar-refractivity contribution is 5.96. The summed E-state index contributed by atoms with van der Waals surface area (Å²) < 4.78 is 0. The summed E-state index contributed by atoms with van der Waals surface area (Å²) in [5.74, 6) is -5.28. The molecule has 3 amide bonds. The lowest BCUT2D eigenvalue weighted by atomic mass is 9.98. The number of H-pyrrole nitrogens is 2. The maximum atomic E-state index is 13.7. The minimum absolute atomic E-state index is 0.0377. The van der Waals surface area contributed by atoms with E-state index in [2.05, 4.69) is 25.9 Å². The number of carbonyl (C=O) groups excluding carboxylic acids is 3. The van der Waals surface area contributed by atoms with Crippen LogP contribution >= 0.6 is 0 Å². The van der Waals surface area contributed by atoms with Crippen molar-refractivity contribution in [1.29, 1.82) is 0 Å². The van der Waals surface area contributed by atoms with Crippen molar-refractivity contribution in [3.05, 3.63) is 72.1 Å². The lowest BCUT2D eigenvalue weighted by Crippen LogP contribution is -2.58. The fourth-order valence-electron chi connectivity index (χ4n) is 5.16. The summed E-state index contributed by atoms with van der Waals surface area (Å²) in [5, 5.41) is 28.6. The second-order valence-corrected chi connectivity index (χ2v) is 11.2. The molecular formula is C32H38N6O7. The normalized spacial score (nSPS) is 14.6. The number of aromatic amines is 2. The molecule has 45 heavy (non-hydrogen) atoms. The number of benzene rings is 2. The zero-order valence-electron chi connectivity index (χ0n) is 25.0. The average molecular weight is 619 g/mol. The molecule has 238 valence electrons. The predicted molar refractivity (Wildman–Crippen MR) is 167 cm³/mol. The Labute approximate surface area is 258 Å². The molecule has 4 aromatic rings. The van der Waals surface area contributed by atoms with Crippen LogP contribution in [-0.2, 0) is 36.8 Å². The van der Waals surface area contributed by atoms with Gasteiger partial charge < -0.3 is 41.9 Å². The van der Waals surface area contributed by atoms with Gasteiger partial charge in [-0.15, -0.1) is 0 Å². The van der Waals surface area contributed by atoms with Crippen LogP contribution in [0.2, 0.25) is 0 Å². The van der Waals surface area contributed by atoms with Gasteiger partial charge in [-0.25, -0.2) is 4.79 Å². The van der Waals surface area contributed by atoms with Gasteiger partial charge in [0.05, 0.1) is 12.5 Å². The van der Waals surface area contributed by atoms with Gasteiger partial charge in [-0.05, 0) is 29.2 Å². The van der Waals surface area contributed by atoms with Crippen LogP contribution in [0.1, 0.15) is 37.8 Å². The van der Waals surface area contributed by atoms with Crippen LogP contribution in [0.4, 0.5) is 0 Å². The Hall–Kier alpha value is -5.17. The zero-order chi connectivity index (χ0) is 32.7. The standard InChI is InChI=1S/C32H38N6O7/c1-3-17(2)28(33)31(43)37-25(14-27(39)40)30(42)36-24(12-18-15-34-22-10-6-4-8-20(18)22)29(41)38-26(32(44)45)13-19-16-35-23-11-7-5-9-21(19)23/h4-11,15-17,24-26,28,34-35H,3,12-14,33H2,1-2H3,(H,36,42)(H,37,43)(H,38,41)(H,39,40)(H,44,45). The number of rotatable bonds is 15. The van der Waals surface area contributed by atoms with Crippen LogP contribution in [0.3, 0.4) is 0 Å². The van der Waals surface area contributed by atoms with Crippen LogP contribution in [-0.4, -0.2) is 74.0 Å². The number of nitrogens with one attached hydrogen (secondary N) is 5. The number of carboxylic acid groups (broad SMARTS) is 2. The molecule has 0 fully saturated rings. The Morgan fingerprint density at radius 2 is 1.20 bits per heavy atom. The Bertz CT molecular complexity index is 1700. The lowest BCUT2D eigenvalue weighted by Gasteiger charge is -2.25. The molecular weight excluding hydrogens is 580 g/mol. The molecule has 9 N–H and O–H groups in total. The fourth-order valence-corrected chi connectivity index (χ4v) is 5.16. The third kappa shape index (κ3) is 8.06. The molecule has 5 atom stereocenters. The molecule has 2 aromatic heterocycles. The van der Waals surface area contributed by atoms with Crippen molar-refractivity contribution < 1.29 is 34.2 Å². The number of aromatic nitrogens is 2. The van der Waals surface area contributed by atoms with Crippen LogP contribution in [0, 0.1) is 5.92 Å². The lowest BCUT2D eigenvalue weighted by molar-refractivity contribution is -0.143. The first-order valence-corrected chi connectivity index (χ1v) is 14.7. The molecule has 0 aliphatic heterocycles. The Morgan fingerprint density at radius 1 is 0.733 bits per heavy atom. The summed E-state index contributed by atoms with van der Waals surface area (Å²) in [5.41, 5.74) is 8.94. The third-order valence-electron chi connectivity index (χ3n) is 8.02. The first-order chi connectivity index (χ1) is 21.5.